The molecule has 0 spiro atoms. The molecule has 0 unspecified atom stereocenters. The average Bonchev–Trinajstić information content (AvgIpc) is 2.31. The number of allylic oxidation sites excluding steroid dienone is 4. The van der Waals surface area contributed by atoms with Crippen molar-refractivity contribution in [1.29, 1.82) is 0 Å². The molecule has 0 amide bonds. The van der Waals surface area contributed by atoms with Gasteiger partial charge in [-0.1, -0.05) is 56.5 Å². The minimum absolute atomic E-state index is 1.10. The van der Waals surface area contributed by atoms with Crippen LogP contribution in [0.25, 0.3) is 0 Å². The van der Waals surface area contributed by atoms with Crippen LogP contribution in [0, 0.1) is 0 Å². The van der Waals surface area contributed by atoms with Gasteiger partial charge in [0.25, 0.3) is 0 Å². The number of hydrogen-bond acceptors (Lipinski definition) is 1. The number of nitrogens with one attached hydrogen (secondary N) is 1. The quantitative estimate of drug-likeness (QED) is 0.722. The summed E-state index contributed by atoms with van der Waals surface area (Å²) in [6.45, 7) is 12.1. The highest BCUT2D eigenvalue weighted by Crippen LogP contribution is 2.22. The van der Waals surface area contributed by atoms with E-state index in [-0.39, 0.29) is 0 Å². The van der Waals surface area contributed by atoms with Crippen LogP contribution < -0.4 is 4.65 Å². The molecule has 0 bridgehead atoms. The van der Waals surface area contributed by atoms with Crippen LogP contribution in [-0.4, -0.2) is 16.5 Å². The average molecular weight is 225 g/mol. The minimum atomic E-state index is -1.20. The third-order valence-electron chi connectivity index (χ3n) is 2.23. The van der Waals surface area contributed by atoms with Crippen LogP contribution in [0.5, 0.6) is 0 Å². The van der Waals surface area contributed by atoms with E-state index in [0.717, 1.165) is 0 Å². The van der Waals surface area contributed by atoms with E-state index < -0.39 is 16.5 Å². The summed E-state index contributed by atoms with van der Waals surface area (Å²) >= 11 is 0. The fourth-order valence-electron chi connectivity index (χ4n) is 2.25. The van der Waals surface area contributed by atoms with Crippen LogP contribution in [0.15, 0.2) is 23.8 Å². The van der Waals surface area contributed by atoms with Crippen LogP contribution in [0.2, 0.25) is 38.8 Å². The molecule has 0 saturated heterocycles. The molecular formula is C11H23NSi2. The molecule has 3 heteroatoms. The zero-order valence-electron chi connectivity index (χ0n) is 10.1. The summed E-state index contributed by atoms with van der Waals surface area (Å²) in [5.41, 5.74) is 1.62. The standard InChI is InChI=1S/C11H23NSi2/c1-13(2,3)12-14(4,5)10-11-8-6-7-9-11/h6-8,12H,9-10H2,1-5H3. The molecule has 0 fully saturated rings. The summed E-state index contributed by atoms with van der Waals surface area (Å²) in [5, 5.41) is 0. The van der Waals surface area contributed by atoms with E-state index in [2.05, 4.69) is 55.6 Å². The molecule has 0 saturated carbocycles. The summed E-state index contributed by atoms with van der Waals surface area (Å²) in [6.07, 6.45) is 7.92. The van der Waals surface area contributed by atoms with E-state index in [1.165, 1.54) is 12.5 Å². The lowest BCUT2D eigenvalue weighted by atomic mass is 10.3. The predicted molar refractivity (Wildman–Crippen MR) is 70.6 cm³/mol. The molecule has 1 aliphatic carbocycles. The summed E-state index contributed by atoms with van der Waals surface area (Å²) in [5.74, 6) is 0. The van der Waals surface area contributed by atoms with Crippen molar-refractivity contribution in [1.82, 2.24) is 4.65 Å². The van der Waals surface area contributed by atoms with Crippen LogP contribution in [0.3, 0.4) is 0 Å². The molecule has 0 heterocycles. The lowest BCUT2D eigenvalue weighted by Gasteiger charge is -2.32. The second kappa shape index (κ2) is 4.17. The Hall–Kier alpha value is -0.126. The highest BCUT2D eigenvalue weighted by Gasteiger charge is 2.28. The largest absolute Gasteiger partial charge is 0.359 e. The third-order valence-corrected chi connectivity index (χ3v) is 9.28. The maximum absolute atomic E-state index is 3.93. The predicted octanol–water partition coefficient (Wildman–Crippen LogP) is 3.50. The van der Waals surface area contributed by atoms with Crippen molar-refractivity contribution < 1.29 is 0 Å². The first-order valence-electron chi connectivity index (χ1n) is 5.42. The fraction of sp³-hybridized carbons (Fsp3) is 0.636. The highest BCUT2D eigenvalue weighted by molar-refractivity contribution is 6.90. The number of hydrogen-bond donors (Lipinski definition) is 1. The van der Waals surface area contributed by atoms with Crippen molar-refractivity contribution >= 4 is 16.5 Å². The first kappa shape index (κ1) is 11.9. The number of rotatable bonds is 4. The van der Waals surface area contributed by atoms with Crippen molar-refractivity contribution in [2.24, 2.45) is 0 Å². The van der Waals surface area contributed by atoms with E-state index in [9.17, 15) is 0 Å². The molecule has 1 N–H and O–H groups in total. The van der Waals surface area contributed by atoms with Crippen molar-refractivity contribution in [2.75, 3.05) is 0 Å². The molecule has 0 aliphatic heterocycles. The van der Waals surface area contributed by atoms with Gasteiger partial charge >= 0.3 is 0 Å². The van der Waals surface area contributed by atoms with Gasteiger partial charge in [0.2, 0.25) is 0 Å². The molecule has 1 aliphatic rings. The van der Waals surface area contributed by atoms with Crippen LogP contribution in [0.4, 0.5) is 0 Å². The van der Waals surface area contributed by atoms with E-state index in [1.807, 2.05) is 0 Å². The lowest BCUT2D eigenvalue weighted by Crippen LogP contribution is -2.57. The molecule has 1 rings (SSSR count). The van der Waals surface area contributed by atoms with Gasteiger partial charge in [0.05, 0.1) is 0 Å². The Bertz CT molecular complexity index is 259. The van der Waals surface area contributed by atoms with Gasteiger partial charge in [0.15, 0.2) is 0 Å². The molecule has 0 aromatic heterocycles. The first-order valence-corrected chi connectivity index (χ1v) is 12.1. The summed E-state index contributed by atoms with van der Waals surface area (Å²) in [4.78, 5) is 0. The van der Waals surface area contributed by atoms with Crippen molar-refractivity contribution in [2.45, 2.75) is 45.2 Å². The fourth-order valence-corrected chi connectivity index (χ4v) is 12.1. The Morgan fingerprint density at radius 1 is 1.21 bits per heavy atom. The molecule has 80 valence electrons. The summed E-state index contributed by atoms with van der Waals surface area (Å²) < 4.78 is 3.93. The molecule has 14 heavy (non-hydrogen) atoms. The van der Waals surface area contributed by atoms with Gasteiger partial charge in [0, 0.05) is 0 Å². The lowest BCUT2D eigenvalue weighted by molar-refractivity contribution is 1.16. The van der Waals surface area contributed by atoms with Crippen molar-refractivity contribution in [3.05, 3.63) is 23.8 Å². The highest BCUT2D eigenvalue weighted by atomic mass is 28.4. The maximum atomic E-state index is 3.93. The minimum Gasteiger partial charge on any atom is -0.359 e. The van der Waals surface area contributed by atoms with Gasteiger partial charge in [-0.05, 0) is 12.5 Å². The van der Waals surface area contributed by atoms with Gasteiger partial charge in [-0.3, -0.25) is 0 Å². The smallest absolute Gasteiger partial charge is 0.116 e. The Morgan fingerprint density at radius 3 is 2.29 bits per heavy atom. The van der Waals surface area contributed by atoms with Crippen LogP contribution in [-0.2, 0) is 0 Å². The maximum Gasteiger partial charge on any atom is 0.116 e. The molecular weight excluding hydrogens is 202 g/mol. The Morgan fingerprint density at radius 2 is 1.86 bits per heavy atom. The molecule has 1 nitrogen and oxygen atoms in total. The zero-order valence-corrected chi connectivity index (χ0v) is 12.1. The van der Waals surface area contributed by atoms with Gasteiger partial charge in [-0.15, -0.1) is 0 Å². The summed E-state index contributed by atoms with van der Waals surface area (Å²) in [6, 6.07) is 1.31. The van der Waals surface area contributed by atoms with Crippen molar-refractivity contribution in [3.63, 3.8) is 0 Å². The van der Waals surface area contributed by atoms with Gasteiger partial charge in [-0.25, -0.2) is 0 Å². The van der Waals surface area contributed by atoms with Gasteiger partial charge in [0.1, 0.15) is 16.5 Å². The SMILES string of the molecule is C[Si](C)(C)N[Si](C)(C)CC1=CC=CC1. The second-order valence-corrected chi connectivity index (χ2v) is 15.5. The van der Waals surface area contributed by atoms with Crippen LogP contribution >= 0.6 is 0 Å². The Labute approximate surface area is 90.5 Å². The van der Waals surface area contributed by atoms with E-state index in [0.29, 0.717) is 0 Å². The molecule has 0 atom stereocenters. The Kier molecular flexibility index (Phi) is 3.55. The van der Waals surface area contributed by atoms with E-state index in [1.54, 1.807) is 5.57 Å². The normalized spacial score (nSPS) is 17.4. The summed E-state index contributed by atoms with van der Waals surface area (Å²) in [7, 11) is -2.30. The molecule has 0 radical (unpaired) electrons. The molecule has 0 aromatic carbocycles. The third kappa shape index (κ3) is 4.39. The van der Waals surface area contributed by atoms with Gasteiger partial charge < -0.3 is 4.65 Å². The van der Waals surface area contributed by atoms with Crippen LogP contribution in [0.1, 0.15) is 6.42 Å². The van der Waals surface area contributed by atoms with Gasteiger partial charge in [-0.2, -0.15) is 0 Å². The van der Waals surface area contributed by atoms with Crippen molar-refractivity contribution in [3.8, 4) is 0 Å². The monoisotopic (exact) mass is 225 g/mol. The topological polar surface area (TPSA) is 12.0 Å². The second-order valence-electron chi connectivity index (χ2n) is 5.89. The molecule has 0 aromatic rings. The zero-order chi connectivity index (χ0) is 10.8. The Balaban J connectivity index is 2.49. The van der Waals surface area contributed by atoms with E-state index >= 15 is 0 Å². The van der Waals surface area contributed by atoms with E-state index in [4.69, 9.17) is 0 Å². The first-order chi connectivity index (χ1) is 6.29.